The first kappa shape index (κ1) is 28.6. The Labute approximate surface area is 193 Å². The molecule has 1 amide bonds. The number of hydrogen-bond acceptors (Lipinski definition) is 11. The third-order valence-corrected chi connectivity index (χ3v) is 4.93. The fraction of sp³-hybridized carbons (Fsp3) is 0.800. The van der Waals surface area contributed by atoms with Gasteiger partial charge in [0, 0.05) is 27.3 Å². The van der Waals surface area contributed by atoms with Crippen molar-refractivity contribution in [2.75, 3.05) is 19.4 Å². The second-order valence-corrected chi connectivity index (χ2v) is 10.3. The minimum atomic E-state index is -3.95. The minimum Gasteiger partial charge on any atom is -0.456 e. The van der Waals surface area contributed by atoms with Gasteiger partial charge in [0.1, 0.15) is 12.2 Å². The quantitative estimate of drug-likeness (QED) is 0.257. The molecule has 1 fully saturated rings. The van der Waals surface area contributed by atoms with E-state index in [0.29, 0.717) is 12.8 Å². The molecule has 0 aliphatic carbocycles. The third kappa shape index (κ3) is 10.4. The van der Waals surface area contributed by atoms with Gasteiger partial charge in [0.2, 0.25) is 0 Å². The van der Waals surface area contributed by atoms with Crippen LogP contribution in [0.2, 0.25) is 0 Å². The first-order chi connectivity index (χ1) is 15.0. The number of ether oxygens (including phenoxy) is 4. The zero-order valence-electron chi connectivity index (χ0n) is 20.0. The van der Waals surface area contributed by atoms with Crippen molar-refractivity contribution in [3.8, 4) is 0 Å². The van der Waals surface area contributed by atoms with E-state index in [0.717, 1.165) is 27.0 Å². The Hall–Kier alpha value is -2.41. The largest absolute Gasteiger partial charge is 0.456 e. The van der Waals surface area contributed by atoms with E-state index in [9.17, 15) is 27.6 Å². The van der Waals surface area contributed by atoms with Gasteiger partial charge in [-0.15, -0.1) is 0 Å². The van der Waals surface area contributed by atoms with Crippen molar-refractivity contribution in [1.82, 2.24) is 4.90 Å². The molecule has 0 radical (unpaired) electrons. The Morgan fingerprint density at radius 1 is 0.970 bits per heavy atom. The van der Waals surface area contributed by atoms with Gasteiger partial charge in [0.05, 0.1) is 12.3 Å². The highest BCUT2D eigenvalue weighted by molar-refractivity contribution is 7.85. The van der Waals surface area contributed by atoms with Crippen LogP contribution >= 0.6 is 0 Å². The standard InChI is InChI=1S/C20H33NO11S/c1-12(22)29-16(11-28-33(7,26)27)18(31-14(3)24)17(30-13(2)23)15-9-8-10-21(15)19(25)32-20(4,5)6/h15-18H,8-11H2,1-7H3/t15-,16-,17-,18+/m0/s1. The van der Waals surface area contributed by atoms with E-state index >= 15 is 0 Å². The Morgan fingerprint density at radius 2 is 1.52 bits per heavy atom. The number of likely N-dealkylation sites (tertiary alicyclic amines) is 1. The van der Waals surface area contributed by atoms with Crippen LogP contribution in [0.4, 0.5) is 4.79 Å². The highest BCUT2D eigenvalue weighted by Gasteiger charge is 2.47. The Kier molecular flexibility index (Phi) is 10.1. The first-order valence-electron chi connectivity index (χ1n) is 10.4. The number of rotatable bonds is 9. The maximum atomic E-state index is 12.8. The number of amides is 1. The van der Waals surface area contributed by atoms with Gasteiger partial charge in [-0.3, -0.25) is 18.6 Å². The maximum Gasteiger partial charge on any atom is 0.410 e. The lowest BCUT2D eigenvalue weighted by Gasteiger charge is -2.38. The molecule has 1 heterocycles. The van der Waals surface area contributed by atoms with E-state index in [-0.39, 0.29) is 6.54 Å². The summed E-state index contributed by atoms with van der Waals surface area (Å²) in [5.74, 6) is -2.37. The van der Waals surface area contributed by atoms with Crippen molar-refractivity contribution >= 4 is 34.1 Å². The number of nitrogens with zero attached hydrogens (tertiary/aromatic N) is 1. The van der Waals surface area contributed by atoms with Crippen molar-refractivity contribution in [1.29, 1.82) is 0 Å². The molecule has 0 N–H and O–H groups in total. The van der Waals surface area contributed by atoms with Crippen molar-refractivity contribution in [2.24, 2.45) is 0 Å². The van der Waals surface area contributed by atoms with Gasteiger partial charge in [-0.2, -0.15) is 8.42 Å². The second kappa shape index (κ2) is 11.6. The average Bonchev–Trinajstić information content (AvgIpc) is 3.08. The van der Waals surface area contributed by atoms with Crippen molar-refractivity contribution < 1.29 is 50.7 Å². The molecule has 33 heavy (non-hydrogen) atoms. The van der Waals surface area contributed by atoms with Crippen LogP contribution in [0.25, 0.3) is 0 Å². The van der Waals surface area contributed by atoms with E-state index < -0.39 is 70.7 Å². The molecule has 0 bridgehead atoms. The highest BCUT2D eigenvalue weighted by Crippen LogP contribution is 2.29. The lowest BCUT2D eigenvalue weighted by molar-refractivity contribution is -0.190. The van der Waals surface area contributed by atoms with E-state index in [1.54, 1.807) is 20.8 Å². The van der Waals surface area contributed by atoms with Crippen LogP contribution in [-0.4, -0.2) is 86.7 Å². The fourth-order valence-corrected chi connectivity index (χ4v) is 3.76. The third-order valence-electron chi connectivity index (χ3n) is 4.36. The van der Waals surface area contributed by atoms with Gasteiger partial charge in [-0.05, 0) is 33.6 Å². The van der Waals surface area contributed by atoms with Gasteiger partial charge < -0.3 is 23.8 Å². The predicted molar refractivity (Wildman–Crippen MR) is 113 cm³/mol. The molecule has 0 aromatic heterocycles. The lowest BCUT2D eigenvalue weighted by atomic mass is 9.98. The van der Waals surface area contributed by atoms with Gasteiger partial charge in [-0.25, -0.2) is 4.79 Å². The van der Waals surface area contributed by atoms with Gasteiger partial charge >= 0.3 is 24.0 Å². The summed E-state index contributed by atoms with van der Waals surface area (Å²) in [7, 11) is -3.95. The molecule has 0 aromatic carbocycles. The molecule has 13 heteroatoms. The minimum absolute atomic E-state index is 0.280. The summed E-state index contributed by atoms with van der Waals surface area (Å²) >= 11 is 0. The molecule has 0 spiro atoms. The smallest absolute Gasteiger partial charge is 0.410 e. The van der Waals surface area contributed by atoms with Crippen LogP contribution in [0.15, 0.2) is 0 Å². The highest BCUT2D eigenvalue weighted by atomic mass is 32.2. The van der Waals surface area contributed by atoms with Gasteiger partial charge in [0.25, 0.3) is 10.1 Å². The molecule has 0 saturated carbocycles. The van der Waals surface area contributed by atoms with E-state index in [1.165, 1.54) is 4.90 Å². The molecule has 12 nitrogen and oxygen atoms in total. The molecule has 1 rings (SSSR count). The summed E-state index contributed by atoms with van der Waals surface area (Å²) < 4.78 is 49.2. The number of carbonyl (C=O) groups is 4. The Bertz CT molecular complexity index is 833. The van der Waals surface area contributed by atoms with Crippen LogP contribution in [-0.2, 0) is 47.6 Å². The van der Waals surface area contributed by atoms with E-state index in [2.05, 4.69) is 0 Å². The zero-order chi connectivity index (χ0) is 25.6. The van der Waals surface area contributed by atoms with Crippen molar-refractivity contribution in [3.05, 3.63) is 0 Å². The average molecular weight is 496 g/mol. The molecular formula is C20H33NO11S. The normalized spacial score (nSPS) is 19.2. The van der Waals surface area contributed by atoms with Crippen LogP contribution in [0.1, 0.15) is 54.4 Å². The lowest BCUT2D eigenvalue weighted by Crippen LogP contribution is -2.56. The van der Waals surface area contributed by atoms with Crippen molar-refractivity contribution in [2.45, 2.75) is 84.3 Å². The summed E-state index contributed by atoms with van der Waals surface area (Å²) in [5, 5.41) is 0. The van der Waals surface area contributed by atoms with Crippen LogP contribution in [0, 0.1) is 0 Å². The molecule has 0 aromatic rings. The van der Waals surface area contributed by atoms with Crippen LogP contribution in [0.5, 0.6) is 0 Å². The topological polar surface area (TPSA) is 152 Å². The maximum absolute atomic E-state index is 12.8. The second-order valence-electron chi connectivity index (χ2n) is 8.67. The number of esters is 3. The zero-order valence-corrected chi connectivity index (χ0v) is 20.8. The Balaban J connectivity index is 3.41. The van der Waals surface area contributed by atoms with Crippen LogP contribution in [0.3, 0.4) is 0 Å². The molecule has 1 aliphatic heterocycles. The summed E-state index contributed by atoms with van der Waals surface area (Å²) in [6.45, 7) is 7.94. The van der Waals surface area contributed by atoms with Gasteiger partial charge in [-0.1, -0.05) is 0 Å². The number of carbonyl (C=O) groups excluding carboxylic acids is 4. The molecule has 190 valence electrons. The van der Waals surface area contributed by atoms with Crippen LogP contribution < -0.4 is 0 Å². The van der Waals surface area contributed by atoms with E-state index in [4.69, 9.17) is 23.1 Å². The summed E-state index contributed by atoms with van der Waals surface area (Å²) in [6, 6.07) is -0.801. The molecule has 1 saturated heterocycles. The summed E-state index contributed by atoms with van der Waals surface area (Å²) in [4.78, 5) is 49.6. The molecule has 1 aliphatic rings. The van der Waals surface area contributed by atoms with Gasteiger partial charge in [0.15, 0.2) is 18.3 Å². The molecule has 4 atom stereocenters. The number of hydrogen-bond donors (Lipinski definition) is 0. The molecule has 0 unspecified atom stereocenters. The monoisotopic (exact) mass is 495 g/mol. The first-order valence-corrected chi connectivity index (χ1v) is 12.2. The SMILES string of the molecule is CC(=O)O[C@H]([C@H](OC(C)=O)[C@H](COS(C)(=O)=O)OC(C)=O)[C@@H]1CCCN1C(=O)OC(C)(C)C. The van der Waals surface area contributed by atoms with Crippen molar-refractivity contribution in [3.63, 3.8) is 0 Å². The summed E-state index contributed by atoms with van der Waals surface area (Å²) in [5.41, 5.74) is -0.792. The fourth-order valence-electron chi connectivity index (χ4n) is 3.38. The molecular weight excluding hydrogens is 462 g/mol. The van der Waals surface area contributed by atoms with E-state index in [1.807, 2.05) is 0 Å². The summed E-state index contributed by atoms with van der Waals surface area (Å²) in [6.07, 6.45) is -3.20. The predicted octanol–water partition coefficient (Wildman–Crippen LogP) is 1.16. The Morgan fingerprint density at radius 3 is 1.97 bits per heavy atom.